The molecule has 1 rings (SSSR count). The van der Waals surface area contributed by atoms with Crippen molar-refractivity contribution in [2.75, 3.05) is 7.11 Å². The fraction of sp³-hybridized carbons (Fsp3) is 0.250. The first kappa shape index (κ1) is 10.0. The second kappa shape index (κ2) is 3.35. The maximum Gasteiger partial charge on any atom is 0.241 e. The Hall–Kier alpha value is -1.07. The summed E-state index contributed by atoms with van der Waals surface area (Å²) in [5.74, 6) is 0.271. The standard InChI is InChI=1S/C8H11NO3S/c1-6-3-4-7(12-2)8(5-6)13(9,10)11/h3-5H,1-2H3,(H2,9,10,11). The number of sulfonamides is 1. The molecule has 0 saturated heterocycles. The molecule has 13 heavy (non-hydrogen) atoms. The van der Waals surface area contributed by atoms with Crippen molar-refractivity contribution >= 4 is 10.0 Å². The van der Waals surface area contributed by atoms with E-state index in [2.05, 4.69) is 0 Å². The predicted octanol–water partition coefficient (Wildman–Crippen LogP) is 0.651. The van der Waals surface area contributed by atoms with Crippen LogP contribution in [0.5, 0.6) is 5.75 Å². The molecule has 0 spiro atoms. The molecule has 0 unspecified atom stereocenters. The summed E-state index contributed by atoms with van der Waals surface area (Å²) in [6, 6.07) is 4.82. The molecule has 0 aliphatic rings. The monoisotopic (exact) mass is 201 g/mol. The fourth-order valence-electron chi connectivity index (χ4n) is 1.01. The molecule has 0 bridgehead atoms. The zero-order chi connectivity index (χ0) is 10.1. The van der Waals surface area contributed by atoms with Gasteiger partial charge in [0.2, 0.25) is 10.0 Å². The van der Waals surface area contributed by atoms with Crippen LogP contribution in [0.2, 0.25) is 0 Å². The highest BCUT2D eigenvalue weighted by atomic mass is 32.2. The van der Waals surface area contributed by atoms with Crippen LogP contribution in [0.25, 0.3) is 0 Å². The van der Waals surface area contributed by atoms with Crippen LogP contribution in [-0.2, 0) is 10.0 Å². The molecule has 0 fully saturated rings. The second-order valence-electron chi connectivity index (χ2n) is 2.70. The molecule has 72 valence electrons. The minimum atomic E-state index is -3.69. The van der Waals surface area contributed by atoms with Gasteiger partial charge in [0.1, 0.15) is 10.6 Å². The molecule has 1 aromatic carbocycles. The van der Waals surface area contributed by atoms with Gasteiger partial charge in [0.05, 0.1) is 7.11 Å². The number of rotatable bonds is 2. The smallest absolute Gasteiger partial charge is 0.241 e. The maximum absolute atomic E-state index is 11.1. The molecular weight excluding hydrogens is 190 g/mol. The number of ether oxygens (including phenoxy) is 1. The molecule has 0 heterocycles. The van der Waals surface area contributed by atoms with Gasteiger partial charge in [0, 0.05) is 0 Å². The largest absolute Gasteiger partial charge is 0.495 e. The van der Waals surface area contributed by atoms with E-state index in [4.69, 9.17) is 9.88 Å². The van der Waals surface area contributed by atoms with E-state index in [0.717, 1.165) is 5.56 Å². The van der Waals surface area contributed by atoms with Crippen LogP contribution in [0, 0.1) is 6.92 Å². The van der Waals surface area contributed by atoms with E-state index >= 15 is 0 Å². The molecule has 2 N–H and O–H groups in total. The summed E-state index contributed by atoms with van der Waals surface area (Å²) in [6.07, 6.45) is 0. The van der Waals surface area contributed by atoms with Gasteiger partial charge in [-0.3, -0.25) is 0 Å². The number of aryl methyl sites for hydroxylation is 1. The lowest BCUT2D eigenvalue weighted by molar-refractivity contribution is 0.402. The predicted molar refractivity (Wildman–Crippen MR) is 49.1 cm³/mol. The summed E-state index contributed by atoms with van der Waals surface area (Å²) in [7, 11) is -2.29. The van der Waals surface area contributed by atoms with Gasteiger partial charge in [-0.2, -0.15) is 0 Å². The molecule has 5 heteroatoms. The Morgan fingerprint density at radius 3 is 2.46 bits per heavy atom. The minimum absolute atomic E-state index is 0.0231. The summed E-state index contributed by atoms with van der Waals surface area (Å²) in [5.41, 5.74) is 0.824. The van der Waals surface area contributed by atoms with Gasteiger partial charge in [-0.15, -0.1) is 0 Å². The topological polar surface area (TPSA) is 69.4 Å². The van der Waals surface area contributed by atoms with Gasteiger partial charge in [0.25, 0.3) is 0 Å². The zero-order valence-electron chi connectivity index (χ0n) is 7.44. The summed E-state index contributed by atoms with van der Waals surface area (Å²) in [5, 5.41) is 4.99. The van der Waals surface area contributed by atoms with E-state index in [9.17, 15) is 8.42 Å². The Labute approximate surface area is 77.4 Å². The van der Waals surface area contributed by atoms with Crippen LogP contribution >= 0.6 is 0 Å². The Morgan fingerprint density at radius 2 is 2.00 bits per heavy atom. The number of primary sulfonamides is 1. The second-order valence-corrected chi connectivity index (χ2v) is 4.23. The Kier molecular flexibility index (Phi) is 2.58. The van der Waals surface area contributed by atoms with Crippen molar-refractivity contribution in [2.24, 2.45) is 5.14 Å². The molecule has 0 saturated carbocycles. The lowest BCUT2D eigenvalue weighted by Crippen LogP contribution is -2.13. The lowest BCUT2D eigenvalue weighted by Gasteiger charge is -2.06. The van der Waals surface area contributed by atoms with Crippen molar-refractivity contribution in [1.82, 2.24) is 0 Å². The van der Waals surface area contributed by atoms with Crippen molar-refractivity contribution in [3.63, 3.8) is 0 Å². The molecule has 0 amide bonds. The number of nitrogens with two attached hydrogens (primary N) is 1. The van der Waals surface area contributed by atoms with Crippen molar-refractivity contribution in [3.8, 4) is 5.75 Å². The van der Waals surface area contributed by atoms with Gasteiger partial charge in [-0.1, -0.05) is 6.07 Å². The first-order chi connectivity index (χ1) is 5.95. The van der Waals surface area contributed by atoms with Crippen LogP contribution in [0.4, 0.5) is 0 Å². The van der Waals surface area contributed by atoms with Crippen LogP contribution in [0.1, 0.15) is 5.56 Å². The molecule has 1 aromatic rings. The van der Waals surface area contributed by atoms with E-state index in [-0.39, 0.29) is 10.6 Å². The maximum atomic E-state index is 11.1. The van der Waals surface area contributed by atoms with Gasteiger partial charge in [-0.25, -0.2) is 13.6 Å². The zero-order valence-corrected chi connectivity index (χ0v) is 8.26. The highest BCUT2D eigenvalue weighted by Gasteiger charge is 2.14. The van der Waals surface area contributed by atoms with E-state index in [0.29, 0.717) is 0 Å². The van der Waals surface area contributed by atoms with Gasteiger partial charge < -0.3 is 4.74 Å². The van der Waals surface area contributed by atoms with Crippen LogP contribution < -0.4 is 9.88 Å². The van der Waals surface area contributed by atoms with E-state index in [1.54, 1.807) is 19.1 Å². The minimum Gasteiger partial charge on any atom is -0.495 e. The number of benzene rings is 1. The summed E-state index contributed by atoms with van der Waals surface area (Å²) >= 11 is 0. The third-order valence-electron chi connectivity index (χ3n) is 1.63. The quantitative estimate of drug-likeness (QED) is 0.763. The highest BCUT2D eigenvalue weighted by molar-refractivity contribution is 7.89. The Bertz CT molecular complexity index is 411. The summed E-state index contributed by atoms with van der Waals surface area (Å²) in [6.45, 7) is 1.79. The Morgan fingerprint density at radius 1 is 1.38 bits per heavy atom. The first-order valence-corrected chi connectivity index (χ1v) is 5.17. The van der Waals surface area contributed by atoms with Gasteiger partial charge in [-0.05, 0) is 24.6 Å². The average Bonchev–Trinajstić information content (AvgIpc) is 2.03. The molecule has 0 atom stereocenters. The normalized spacial score (nSPS) is 11.3. The fourth-order valence-corrected chi connectivity index (χ4v) is 1.79. The SMILES string of the molecule is COc1ccc(C)cc1S(N)(=O)=O. The molecule has 4 nitrogen and oxygen atoms in total. The number of hydrogen-bond acceptors (Lipinski definition) is 3. The van der Waals surface area contributed by atoms with Crippen molar-refractivity contribution in [2.45, 2.75) is 11.8 Å². The van der Waals surface area contributed by atoms with Gasteiger partial charge in [0.15, 0.2) is 0 Å². The third-order valence-corrected chi connectivity index (χ3v) is 2.56. The summed E-state index contributed by atoms with van der Waals surface area (Å²) < 4.78 is 27.0. The van der Waals surface area contributed by atoms with E-state index < -0.39 is 10.0 Å². The molecule has 0 aromatic heterocycles. The highest BCUT2D eigenvalue weighted by Crippen LogP contribution is 2.22. The molecular formula is C8H11NO3S. The van der Waals surface area contributed by atoms with Gasteiger partial charge >= 0.3 is 0 Å². The van der Waals surface area contributed by atoms with E-state index in [1.807, 2.05) is 0 Å². The van der Waals surface area contributed by atoms with Crippen molar-refractivity contribution < 1.29 is 13.2 Å². The van der Waals surface area contributed by atoms with Crippen LogP contribution in [0.3, 0.4) is 0 Å². The first-order valence-electron chi connectivity index (χ1n) is 3.62. The molecule has 0 aliphatic heterocycles. The van der Waals surface area contributed by atoms with E-state index in [1.165, 1.54) is 13.2 Å². The average molecular weight is 201 g/mol. The number of hydrogen-bond donors (Lipinski definition) is 1. The third kappa shape index (κ3) is 2.19. The van der Waals surface area contributed by atoms with Crippen molar-refractivity contribution in [3.05, 3.63) is 23.8 Å². The summed E-state index contributed by atoms with van der Waals surface area (Å²) in [4.78, 5) is 0.0231. The van der Waals surface area contributed by atoms with Crippen molar-refractivity contribution in [1.29, 1.82) is 0 Å². The molecule has 0 radical (unpaired) electrons. The molecule has 0 aliphatic carbocycles. The Balaban J connectivity index is 3.41. The van der Waals surface area contributed by atoms with Crippen LogP contribution in [0.15, 0.2) is 23.1 Å². The lowest BCUT2D eigenvalue weighted by atomic mass is 10.2. The number of methoxy groups -OCH3 is 1. The van der Waals surface area contributed by atoms with Crippen LogP contribution in [-0.4, -0.2) is 15.5 Å².